The molecular formula is C39H59NO5Si. The Morgan fingerprint density at radius 3 is 2.26 bits per heavy atom. The molecule has 0 heterocycles. The zero-order valence-electron chi connectivity index (χ0n) is 30.7. The molecule has 0 spiro atoms. The van der Waals surface area contributed by atoms with Gasteiger partial charge in [-0.15, -0.1) is 0 Å². The molecule has 0 saturated heterocycles. The number of methoxy groups -OCH3 is 1. The van der Waals surface area contributed by atoms with Gasteiger partial charge in [-0.05, 0) is 103 Å². The molecule has 5 aliphatic rings. The maximum absolute atomic E-state index is 14.7. The molecule has 3 fully saturated rings. The fourth-order valence-corrected chi connectivity index (χ4v) is 12.3. The largest absolute Gasteiger partial charge is 0.469 e. The highest BCUT2D eigenvalue weighted by atomic mass is 28.4. The number of carbonyl (C=O) groups is 3. The first-order valence-electron chi connectivity index (χ1n) is 17.7. The monoisotopic (exact) mass is 649 g/mol. The number of Topliss-reactive ketones (excluding diaryl/α,β-unsaturated/α-hetero) is 1. The van der Waals surface area contributed by atoms with Gasteiger partial charge < -0.3 is 9.16 Å². The number of ether oxygens (including phenoxy) is 1. The molecule has 3 saturated carbocycles. The van der Waals surface area contributed by atoms with Crippen molar-refractivity contribution in [1.82, 2.24) is 0 Å². The van der Waals surface area contributed by atoms with E-state index >= 15 is 0 Å². The van der Waals surface area contributed by atoms with E-state index in [0.29, 0.717) is 13.0 Å². The smallest absolute Gasteiger partial charge is 0.308 e. The van der Waals surface area contributed by atoms with E-state index < -0.39 is 19.1 Å². The fourth-order valence-electron chi connectivity index (χ4n) is 11.2. The summed E-state index contributed by atoms with van der Waals surface area (Å²) in [5, 5.41) is 10.4. The fraction of sp³-hybridized carbons (Fsp3) is 0.795. The minimum atomic E-state index is -2.03. The van der Waals surface area contributed by atoms with Gasteiger partial charge in [-0.2, -0.15) is 5.26 Å². The number of hydrogen-bond acceptors (Lipinski definition) is 6. The molecule has 0 amide bonds. The van der Waals surface area contributed by atoms with Crippen molar-refractivity contribution < 1.29 is 23.5 Å². The van der Waals surface area contributed by atoms with Crippen molar-refractivity contribution in [2.24, 2.45) is 56.7 Å². The van der Waals surface area contributed by atoms with Crippen LogP contribution in [0.15, 0.2) is 23.3 Å². The maximum atomic E-state index is 14.7. The molecule has 5 rings (SSSR count). The minimum absolute atomic E-state index is 0.0338. The van der Waals surface area contributed by atoms with E-state index in [0.717, 1.165) is 44.1 Å². The molecule has 0 radical (unpaired) electrons. The number of ketones is 2. The molecule has 0 bridgehead atoms. The molecule has 9 atom stereocenters. The summed E-state index contributed by atoms with van der Waals surface area (Å²) in [4.78, 5) is 41.8. The Labute approximate surface area is 279 Å². The Bertz CT molecular complexity index is 1430. The number of hydrogen-bond donors (Lipinski definition) is 0. The third-order valence-corrected chi connectivity index (χ3v) is 19.5. The van der Waals surface area contributed by atoms with Crippen LogP contribution in [0, 0.1) is 68.0 Å². The van der Waals surface area contributed by atoms with E-state index in [1.165, 1.54) is 7.11 Å². The Kier molecular flexibility index (Phi) is 8.42. The van der Waals surface area contributed by atoms with Crippen LogP contribution >= 0.6 is 0 Å². The van der Waals surface area contributed by atoms with Crippen molar-refractivity contribution in [3.63, 3.8) is 0 Å². The highest BCUT2D eigenvalue weighted by Crippen LogP contribution is 2.73. The Morgan fingerprint density at radius 1 is 1.02 bits per heavy atom. The van der Waals surface area contributed by atoms with Gasteiger partial charge in [0.15, 0.2) is 19.9 Å². The number of carbonyl (C=O) groups excluding carboxylic acids is 3. The number of nitrogens with zero attached hydrogens (tertiary/aromatic N) is 1. The first-order chi connectivity index (χ1) is 21.0. The second-order valence-corrected chi connectivity index (χ2v) is 23.7. The molecule has 0 aromatic carbocycles. The highest BCUT2D eigenvalue weighted by molar-refractivity contribution is 6.74. The van der Waals surface area contributed by atoms with Crippen LogP contribution in [0.5, 0.6) is 0 Å². The lowest BCUT2D eigenvalue weighted by molar-refractivity contribution is -0.172. The van der Waals surface area contributed by atoms with Crippen LogP contribution in [0.25, 0.3) is 0 Å². The Morgan fingerprint density at radius 2 is 1.67 bits per heavy atom. The lowest BCUT2D eigenvalue weighted by Gasteiger charge is -2.68. The second-order valence-electron chi connectivity index (χ2n) is 18.9. The molecule has 5 aliphatic carbocycles. The van der Waals surface area contributed by atoms with Gasteiger partial charge in [0.25, 0.3) is 0 Å². The van der Waals surface area contributed by atoms with Crippen LogP contribution in [-0.4, -0.2) is 39.6 Å². The van der Waals surface area contributed by atoms with Gasteiger partial charge in [-0.3, -0.25) is 14.4 Å². The van der Waals surface area contributed by atoms with Crippen molar-refractivity contribution in [3.8, 4) is 6.07 Å². The molecule has 0 aromatic heterocycles. The van der Waals surface area contributed by atoms with Gasteiger partial charge in [-0.25, -0.2) is 0 Å². The van der Waals surface area contributed by atoms with Crippen molar-refractivity contribution in [2.45, 2.75) is 125 Å². The maximum Gasteiger partial charge on any atom is 0.308 e. The van der Waals surface area contributed by atoms with E-state index in [1.807, 2.05) is 12.2 Å². The summed E-state index contributed by atoms with van der Waals surface area (Å²) in [5.41, 5.74) is -0.666. The highest BCUT2D eigenvalue weighted by Gasteiger charge is 2.69. The summed E-state index contributed by atoms with van der Waals surface area (Å²) in [6.45, 7) is 25.0. The average Bonchev–Trinajstić information content (AvgIpc) is 2.94. The standard InChI is InChI=1S/C39H59NO5Si/c1-34(2,3)46(11,12)45-18-17-36(6)29-14-16-38(8)30(37(29,7)20-24(23-40)32(36)42)19-28(41)31-26-21-35(4,5)22-27(33(43)44-10)25(26)13-15-39(31,38)9/h19-20,25-27,29,31H,13-18,21-22H2,1-12H3/t25?,26-,27-,29+,31+,36+,37+,38-,39-/m1/s1. The molecule has 1 unspecified atom stereocenters. The van der Waals surface area contributed by atoms with E-state index in [4.69, 9.17) is 9.16 Å². The molecule has 0 N–H and O–H groups in total. The van der Waals surface area contributed by atoms with E-state index in [-0.39, 0.29) is 74.0 Å². The SMILES string of the molecule is COC(=O)[C@@H]1CC(C)(C)C[C@@H]2C1CC[C@]1(C)[C@@H]2C(=O)C=C2[C@@]3(C)C=C(C#N)C(=O)[C@@](C)(CCO[Si](C)(C)C(C)(C)C)[C@@H]3CC[C@]21C. The van der Waals surface area contributed by atoms with Crippen LogP contribution in [0.1, 0.15) is 107 Å². The van der Waals surface area contributed by atoms with Crippen molar-refractivity contribution >= 4 is 25.9 Å². The van der Waals surface area contributed by atoms with Gasteiger partial charge in [0.05, 0.1) is 18.6 Å². The third kappa shape index (κ3) is 4.97. The molecule has 46 heavy (non-hydrogen) atoms. The molecular weight excluding hydrogens is 591 g/mol. The second kappa shape index (κ2) is 11.0. The molecule has 0 aromatic rings. The quantitative estimate of drug-likeness (QED) is 0.219. The predicted molar refractivity (Wildman–Crippen MR) is 183 cm³/mol. The number of nitriles is 1. The molecule has 6 nitrogen and oxygen atoms in total. The lowest BCUT2D eigenvalue weighted by atomic mass is 9.35. The van der Waals surface area contributed by atoms with Crippen molar-refractivity contribution in [2.75, 3.05) is 13.7 Å². The van der Waals surface area contributed by atoms with Crippen LogP contribution < -0.4 is 0 Å². The van der Waals surface area contributed by atoms with Crippen molar-refractivity contribution in [3.05, 3.63) is 23.3 Å². The van der Waals surface area contributed by atoms with Crippen LogP contribution in [0.2, 0.25) is 18.1 Å². The van der Waals surface area contributed by atoms with Crippen molar-refractivity contribution in [1.29, 1.82) is 5.26 Å². The number of rotatable bonds is 5. The normalized spacial score (nSPS) is 41.9. The molecule has 254 valence electrons. The number of esters is 1. The van der Waals surface area contributed by atoms with E-state index in [9.17, 15) is 19.6 Å². The third-order valence-electron chi connectivity index (χ3n) is 14.9. The summed E-state index contributed by atoms with van der Waals surface area (Å²) in [6.07, 6.45) is 9.68. The summed E-state index contributed by atoms with van der Waals surface area (Å²) in [5.74, 6) is -0.158. The van der Waals surface area contributed by atoms with Crippen LogP contribution in [-0.2, 0) is 23.5 Å². The first kappa shape index (κ1) is 35.3. The summed E-state index contributed by atoms with van der Waals surface area (Å²) < 4.78 is 11.9. The molecule has 0 aliphatic heterocycles. The summed E-state index contributed by atoms with van der Waals surface area (Å²) in [6, 6.07) is 2.27. The van der Waals surface area contributed by atoms with E-state index in [1.54, 1.807) is 0 Å². The lowest BCUT2D eigenvalue weighted by Crippen LogP contribution is -2.64. The van der Waals surface area contributed by atoms with Gasteiger partial charge in [-0.1, -0.05) is 74.0 Å². The first-order valence-corrected chi connectivity index (χ1v) is 20.6. The average molecular weight is 650 g/mol. The van der Waals surface area contributed by atoms with Gasteiger partial charge in [0.2, 0.25) is 0 Å². The number of allylic oxidation sites excluding steroid dienone is 4. The Balaban J connectivity index is 1.57. The zero-order chi connectivity index (χ0) is 34.5. The Hall–Kier alpha value is -2.04. The number of fused-ring (bicyclic) bond motifs is 7. The zero-order valence-corrected chi connectivity index (χ0v) is 31.7. The topological polar surface area (TPSA) is 93.5 Å². The van der Waals surface area contributed by atoms with Crippen LogP contribution in [0.3, 0.4) is 0 Å². The summed E-state index contributed by atoms with van der Waals surface area (Å²) >= 11 is 0. The van der Waals surface area contributed by atoms with E-state index in [2.05, 4.69) is 81.5 Å². The summed E-state index contributed by atoms with van der Waals surface area (Å²) in [7, 11) is -0.542. The van der Waals surface area contributed by atoms with Gasteiger partial charge >= 0.3 is 5.97 Å². The molecule has 7 heteroatoms. The predicted octanol–water partition coefficient (Wildman–Crippen LogP) is 8.63. The minimum Gasteiger partial charge on any atom is -0.469 e. The van der Waals surface area contributed by atoms with Gasteiger partial charge in [0, 0.05) is 23.4 Å². The van der Waals surface area contributed by atoms with Gasteiger partial charge in [0.1, 0.15) is 6.07 Å². The van der Waals surface area contributed by atoms with Crippen LogP contribution in [0.4, 0.5) is 0 Å².